The molecule has 2 aromatic carbocycles. The number of ketones is 1. The molecule has 0 spiro atoms. The molecule has 1 amide bonds. The number of carbonyl (C=O) groups excluding carboxylic acids is 2. The first kappa shape index (κ1) is 16.6. The summed E-state index contributed by atoms with van der Waals surface area (Å²) in [4.78, 5) is 24.9. The van der Waals surface area contributed by atoms with Gasteiger partial charge in [0.05, 0.1) is 5.56 Å². The third-order valence-corrected chi connectivity index (χ3v) is 3.52. The molecule has 0 atom stereocenters. The Labute approximate surface area is 136 Å². The molecule has 0 saturated carbocycles. The number of nitrogens with one attached hydrogen (secondary N) is 2. The van der Waals surface area contributed by atoms with Crippen LogP contribution in [0, 0.1) is 5.41 Å². The standard InChI is InChI=1S/C19H20N2O2/c1-2-3-13-21-19(23)16-12-8-7-11-15(16)18(22)17(20)14-9-5-4-6-10-14/h4-12,20H,2-3,13H2,1H3,(H,21,23). The van der Waals surface area contributed by atoms with Crippen LogP contribution in [0.5, 0.6) is 0 Å². The van der Waals surface area contributed by atoms with E-state index in [1.807, 2.05) is 13.0 Å². The highest BCUT2D eigenvalue weighted by atomic mass is 16.2. The molecule has 0 aromatic heterocycles. The predicted octanol–water partition coefficient (Wildman–Crippen LogP) is 3.47. The zero-order valence-electron chi connectivity index (χ0n) is 13.1. The minimum atomic E-state index is -0.447. The zero-order valence-corrected chi connectivity index (χ0v) is 13.1. The van der Waals surface area contributed by atoms with Crippen molar-refractivity contribution in [1.82, 2.24) is 5.32 Å². The minimum Gasteiger partial charge on any atom is -0.352 e. The summed E-state index contributed by atoms with van der Waals surface area (Å²) < 4.78 is 0. The molecule has 0 heterocycles. The van der Waals surface area contributed by atoms with Crippen molar-refractivity contribution in [3.8, 4) is 0 Å². The number of hydrogen-bond acceptors (Lipinski definition) is 3. The lowest BCUT2D eigenvalue weighted by molar-refractivity contribution is 0.0944. The molecule has 4 nitrogen and oxygen atoms in total. The summed E-state index contributed by atoms with van der Waals surface area (Å²) in [6.45, 7) is 2.62. The molecular weight excluding hydrogens is 288 g/mol. The molecule has 0 saturated heterocycles. The second kappa shape index (κ2) is 8.03. The van der Waals surface area contributed by atoms with Crippen molar-refractivity contribution in [2.45, 2.75) is 19.8 Å². The number of Topliss-reactive ketones (excluding diaryl/α,β-unsaturated/α-hetero) is 1. The second-order valence-electron chi connectivity index (χ2n) is 5.23. The number of rotatable bonds is 7. The van der Waals surface area contributed by atoms with Crippen LogP contribution in [-0.4, -0.2) is 23.9 Å². The molecule has 0 aliphatic rings. The molecule has 0 fully saturated rings. The molecule has 23 heavy (non-hydrogen) atoms. The van der Waals surface area contributed by atoms with Gasteiger partial charge in [-0.05, 0) is 12.5 Å². The Bertz CT molecular complexity index is 708. The topological polar surface area (TPSA) is 70.0 Å². The van der Waals surface area contributed by atoms with Gasteiger partial charge in [-0.1, -0.05) is 61.9 Å². The highest BCUT2D eigenvalue weighted by molar-refractivity contribution is 6.51. The van der Waals surface area contributed by atoms with E-state index in [0.29, 0.717) is 17.7 Å². The SMILES string of the molecule is CCCCNC(=O)c1ccccc1C(=O)C(=N)c1ccccc1. The van der Waals surface area contributed by atoms with Gasteiger partial charge in [-0.2, -0.15) is 0 Å². The first-order valence-electron chi connectivity index (χ1n) is 7.71. The zero-order chi connectivity index (χ0) is 16.7. The first-order valence-corrected chi connectivity index (χ1v) is 7.71. The molecule has 0 unspecified atom stereocenters. The minimum absolute atomic E-state index is 0.112. The number of amides is 1. The van der Waals surface area contributed by atoms with Gasteiger partial charge >= 0.3 is 0 Å². The fourth-order valence-electron chi connectivity index (χ4n) is 2.22. The van der Waals surface area contributed by atoms with Gasteiger partial charge in [0.25, 0.3) is 5.91 Å². The van der Waals surface area contributed by atoms with Crippen LogP contribution in [0.3, 0.4) is 0 Å². The Morgan fingerprint density at radius 2 is 1.57 bits per heavy atom. The van der Waals surface area contributed by atoms with Gasteiger partial charge in [0.1, 0.15) is 5.71 Å². The van der Waals surface area contributed by atoms with E-state index in [0.717, 1.165) is 12.8 Å². The fourth-order valence-corrected chi connectivity index (χ4v) is 2.22. The van der Waals surface area contributed by atoms with Crippen LogP contribution in [0.15, 0.2) is 54.6 Å². The Balaban J connectivity index is 2.24. The summed E-state index contributed by atoms with van der Waals surface area (Å²) in [6.07, 6.45) is 1.88. The third kappa shape index (κ3) is 4.13. The molecule has 2 aromatic rings. The van der Waals surface area contributed by atoms with Crippen molar-refractivity contribution >= 4 is 17.4 Å². The summed E-state index contributed by atoms with van der Waals surface area (Å²) in [6, 6.07) is 15.4. The van der Waals surface area contributed by atoms with E-state index in [-0.39, 0.29) is 17.2 Å². The van der Waals surface area contributed by atoms with Crippen LogP contribution < -0.4 is 5.32 Å². The maximum atomic E-state index is 12.6. The summed E-state index contributed by atoms with van der Waals surface area (Å²) in [5, 5.41) is 10.9. The van der Waals surface area contributed by atoms with Crippen molar-refractivity contribution in [3.63, 3.8) is 0 Å². The van der Waals surface area contributed by atoms with Crippen LogP contribution in [0.4, 0.5) is 0 Å². The smallest absolute Gasteiger partial charge is 0.252 e. The van der Waals surface area contributed by atoms with Gasteiger partial charge < -0.3 is 5.32 Å². The monoisotopic (exact) mass is 308 g/mol. The summed E-state index contributed by atoms with van der Waals surface area (Å²) >= 11 is 0. The largest absolute Gasteiger partial charge is 0.352 e. The third-order valence-electron chi connectivity index (χ3n) is 3.52. The van der Waals surface area contributed by atoms with E-state index in [1.165, 1.54) is 0 Å². The van der Waals surface area contributed by atoms with Gasteiger partial charge in [0, 0.05) is 17.7 Å². The Hall–Kier alpha value is -2.75. The van der Waals surface area contributed by atoms with Crippen LogP contribution >= 0.6 is 0 Å². The summed E-state index contributed by atoms with van der Waals surface area (Å²) in [7, 11) is 0. The fraction of sp³-hybridized carbons (Fsp3) is 0.211. The highest BCUT2D eigenvalue weighted by Crippen LogP contribution is 2.13. The van der Waals surface area contributed by atoms with Crippen LogP contribution in [0.2, 0.25) is 0 Å². The lowest BCUT2D eigenvalue weighted by atomic mass is 9.96. The second-order valence-corrected chi connectivity index (χ2v) is 5.23. The van der Waals surface area contributed by atoms with E-state index in [4.69, 9.17) is 5.41 Å². The number of hydrogen-bond donors (Lipinski definition) is 2. The average Bonchev–Trinajstić information content (AvgIpc) is 2.61. The van der Waals surface area contributed by atoms with Crippen molar-refractivity contribution in [2.24, 2.45) is 0 Å². The molecule has 2 rings (SSSR count). The quantitative estimate of drug-likeness (QED) is 0.467. The lowest BCUT2D eigenvalue weighted by Gasteiger charge is -2.10. The van der Waals surface area contributed by atoms with Crippen molar-refractivity contribution < 1.29 is 9.59 Å². The van der Waals surface area contributed by atoms with E-state index in [9.17, 15) is 9.59 Å². The van der Waals surface area contributed by atoms with E-state index < -0.39 is 5.78 Å². The molecule has 4 heteroatoms. The Morgan fingerprint density at radius 1 is 0.957 bits per heavy atom. The van der Waals surface area contributed by atoms with E-state index in [2.05, 4.69) is 5.32 Å². The molecular formula is C19H20N2O2. The van der Waals surface area contributed by atoms with Gasteiger partial charge in [-0.15, -0.1) is 0 Å². The van der Waals surface area contributed by atoms with Crippen molar-refractivity contribution in [2.75, 3.05) is 6.54 Å². The van der Waals surface area contributed by atoms with Crippen LogP contribution in [-0.2, 0) is 0 Å². The molecule has 0 aliphatic carbocycles. The van der Waals surface area contributed by atoms with Gasteiger partial charge in [-0.25, -0.2) is 0 Å². The molecule has 0 radical (unpaired) electrons. The van der Waals surface area contributed by atoms with Gasteiger partial charge in [-0.3, -0.25) is 15.0 Å². The number of unbranched alkanes of at least 4 members (excludes halogenated alkanes) is 1. The van der Waals surface area contributed by atoms with Crippen LogP contribution in [0.1, 0.15) is 46.0 Å². The van der Waals surface area contributed by atoms with E-state index >= 15 is 0 Å². The normalized spacial score (nSPS) is 10.1. The predicted molar refractivity (Wildman–Crippen MR) is 91.3 cm³/mol. The van der Waals surface area contributed by atoms with Gasteiger partial charge in [0.15, 0.2) is 0 Å². The van der Waals surface area contributed by atoms with Crippen LogP contribution in [0.25, 0.3) is 0 Å². The molecule has 118 valence electrons. The number of benzene rings is 2. The van der Waals surface area contributed by atoms with Crippen molar-refractivity contribution in [3.05, 3.63) is 71.3 Å². The first-order chi connectivity index (χ1) is 11.1. The Morgan fingerprint density at radius 3 is 2.22 bits per heavy atom. The molecule has 0 aliphatic heterocycles. The summed E-state index contributed by atoms with van der Waals surface area (Å²) in [5.74, 6) is -0.722. The molecule has 0 bridgehead atoms. The number of carbonyl (C=O) groups is 2. The highest BCUT2D eigenvalue weighted by Gasteiger charge is 2.20. The van der Waals surface area contributed by atoms with E-state index in [1.54, 1.807) is 48.5 Å². The summed E-state index contributed by atoms with van der Waals surface area (Å²) in [5.41, 5.74) is 1.00. The molecule has 2 N–H and O–H groups in total. The maximum Gasteiger partial charge on any atom is 0.252 e. The average molecular weight is 308 g/mol. The Kier molecular flexibility index (Phi) is 5.80. The van der Waals surface area contributed by atoms with Crippen molar-refractivity contribution in [1.29, 1.82) is 5.41 Å². The lowest BCUT2D eigenvalue weighted by Crippen LogP contribution is -2.27. The van der Waals surface area contributed by atoms with Gasteiger partial charge in [0.2, 0.25) is 5.78 Å². The maximum absolute atomic E-state index is 12.6.